The molecule has 6 nitrogen and oxygen atoms in total. The third-order valence-electron chi connectivity index (χ3n) is 2.21. The van der Waals surface area contributed by atoms with Gasteiger partial charge in [-0.15, -0.1) is 0 Å². The second-order valence-corrected chi connectivity index (χ2v) is 3.91. The zero-order valence-electron chi connectivity index (χ0n) is 10.6. The summed E-state index contributed by atoms with van der Waals surface area (Å²) < 4.78 is 9.82. The minimum Gasteiger partial charge on any atom is -0.459 e. The van der Waals surface area contributed by atoms with Crippen LogP contribution in [0.25, 0.3) is 0 Å². The van der Waals surface area contributed by atoms with Crippen LogP contribution in [0.2, 0.25) is 0 Å². The number of carbonyl (C=O) groups excluding carboxylic acids is 2. The molecule has 0 aromatic carbocycles. The van der Waals surface area contributed by atoms with Gasteiger partial charge in [0.1, 0.15) is 0 Å². The Labute approximate surface area is 106 Å². The van der Waals surface area contributed by atoms with E-state index in [1.165, 1.54) is 6.26 Å². The summed E-state index contributed by atoms with van der Waals surface area (Å²) in [5.41, 5.74) is 0. The SMILES string of the molecule is COCC(C)NC(=O)CCNC(=O)c1ccco1. The molecule has 1 rings (SSSR count). The Hall–Kier alpha value is -1.82. The van der Waals surface area contributed by atoms with Crippen molar-refractivity contribution in [1.29, 1.82) is 0 Å². The molecule has 0 aliphatic heterocycles. The molecule has 2 N–H and O–H groups in total. The van der Waals surface area contributed by atoms with Crippen molar-refractivity contribution >= 4 is 11.8 Å². The van der Waals surface area contributed by atoms with E-state index in [0.717, 1.165) is 0 Å². The van der Waals surface area contributed by atoms with Gasteiger partial charge >= 0.3 is 0 Å². The molecule has 1 aromatic heterocycles. The van der Waals surface area contributed by atoms with E-state index < -0.39 is 0 Å². The Morgan fingerprint density at radius 3 is 2.89 bits per heavy atom. The molecule has 18 heavy (non-hydrogen) atoms. The van der Waals surface area contributed by atoms with Crippen molar-refractivity contribution in [1.82, 2.24) is 10.6 Å². The number of carbonyl (C=O) groups is 2. The van der Waals surface area contributed by atoms with Crippen LogP contribution < -0.4 is 10.6 Å². The van der Waals surface area contributed by atoms with E-state index in [1.54, 1.807) is 19.2 Å². The van der Waals surface area contributed by atoms with E-state index >= 15 is 0 Å². The summed E-state index contributed by atoms with van der Waals surface area (Å²) in [5.74, 6) is -0.208. The minimum atomic E-state index is -0.322. The molecule has 0 fully saturated rings. The van der Waals surface area contributed by atoms with E-state index in [2.05, 4.69) is 10.6 Å². The van der Waals surface area contributed by atoms with Crippen molar-refractivity contribution in [3.05, 3.63) is 24.2 Å². The molecule has 0 bridgehead atoms. The number of hydrogen-bond acceptors (Lipinski definition) is 4. The zero-order valence-corrected chi connectivity index (χ0v) is 10.6. The molecular formula is C12H18N2O4. The first-order valence-electron chi connectivity index (χ1n) is 5.73. The first-order chi connectivity index (χ1) is 8.63. The van der Waals surface area contributed by atoms with Gasteiger partial charge in [-0.05, 0) is 19.1 Å². The van der Waals surface area contributed by atoms with E-state index in [-0.39, 0.29) is 36.6 Å². The molecule has 0 saturated heterocycles. The summed E-state index contributed by atoms with van der Waals surface area (Å²) in [5, 5.41) is 5.35. The zero-order chi connectivity index (χ0) is 13.4. The Morgan fingerprint density at radius 2 is 2.28 bits per heavy atom. The van der Waals surface area contributed by atoms with Crippen LogP contribution in [-0.2, 0) is 9.53 Å². The second kappa shape index (κ2) is 7.50. The van der Waals surface area contributed by atoms with Gasteiger partial charge in [0.15, 0.2) is 5.76 Å². The third kappa shape index (κ3) is 5.01. The van der Waals surface area contributed by atoms with E-state index in [4.69, 9.17) is 9.15 Å². The van der Waals surface area contributed by atoms with Gasteiger partial charge in [-0.25, -0.2) is 0 Å². The van der Waals surface area contributed by atoms with Crippen molar-refractivity contribution in [3.8, 4) is 0 Å². The summed E-state index contributed by atoms with van der Waals surface area (Å²) in [4.78, 5) is 22.9. The van der Waals surface area contributed by atoms with Gasteiger partial charge in [0.25, 0.3) is 5.91 Å². The smallest absolute Gasteiger partial charge is 0.286 e. The molecule has 0 aliphatic carbocycles. The maximum absolute atomic E-state index is 11.5. The molecule has 0 spiro atoms. The fraction of sp³-hybridized carbons (Fsp3) is 0.500. The van der Waals surface area contributed by atoms with Crippen molar-refractivity contribution in [2.24, 2.45) is 0 Å². The van der Waals surface area contributed by atoms with Gasteiger partial charge in [0, 0.05) is 26.1 Å². The molecule has 100 valence electrons. The van der Waals surface area contributed by atoms with Gasteiger partial charge in [-0.2, -0.15) is 0 Å². The number of furan rings is 1. The first-order valence-corrected chi connectivity index (χ1v) is 5.73. The average molecular weight is 254 g/mol. The summed E-state index contributed by atoms with van der Waals surface area (Å²) in [6.45, 7) is 2.58. The number of rotatable bonds is 7. The summed E-state index contributed by atoms with van der Waals surface area (Å²) >= 11 is 0. The fourth-order valence-corrected chi connectivity index (χ4v) is 1.42. The minimum absolute atomic E-state index is 0.0386. The topological polar surface area (TPSA) is 80.6 Å². The fourth-order valence-electron chi connectivity index (χ4n) is 1.42. The maximum Gasteiger partial charge on any atom is 0.286 e. The lowest BCUT2D eigenvalue weighted by Gasteiger charge is -2.12. The molecule has 2 amide bonds. The highest BCUT2D eigenvalue weighted by molar-refractivity contribution is 5.91. The quantitative estimate of drug-likeness (QED) is 0.744. The molecule has 1 atom stereocenters. The van der Waals surface area contributed by atoms with Crippen LogP contribution >= 0.6 is 0 Å². The summed E-state index contributed by atoms with van der Waals surface area (Å²) in [7, 11) is 1.58. The maximum atomic E-state index is 11.5. The van der Waals surface area contributed by atoms with Gasteiger partial charge in [-0.1, -0.05) is 0 Å². The van der Waals surface area contributed by atoms with Crippen LogP contribution in [0.1, 0.15) is 23.9 Å². The van der Waals surface area contributed by atoms with Gasteiger partial charge in [0.05, 0.1) is 12.9 Å². The third-order valence-corrected chi connectivity index (χ3v) is 2.21. The van der Waals surface area contributed by atoms with E-state index in [1.807, 2.05) is 6.92 Å². The standard InChI is InChI=1S/C12H18N2O4/c1-9(8-17-2)14-11(15)5-6-13-12(16)10-4-3-7-18-10/h3-4,7,9H,5-6,8H2,1-2H3,(H,13,16)(H,14,15). The van der Waals surface area contributed by atoms with Crippen LogP contribution in [0.3, 0.4) is 0 Å². The molecule has 0 radical (unpaired) electrons. The Kier molecular flexibility index (Phi) is 5.93. The number of amides is 2. The van der Waals surface area contributed by atoms with Crippen LogP contribution in [0.4, 0.5) is 0 Å². The van der Waals surface area contributed by atoms with Crippen LogP contribution in [0.5, 0.6) is 0 Å². The summed E-state index contributed by atoms with van der Waals surface area (Å²) in [6, 6.07) is 3.16. The Balaban J connectivity index is 2.17. The number of nitrogens with one attached hydrogen (secondary N) is 2. The predicted octanol–water partition coefficient (Wildman–Crippen LogP) is 0.551. The average Bonchev–Trinajstić information content (AvgIpc) is 2.82. The number of methoxy groups -OCH3 is 1. The molecule has 1 aromatic rings. The highest BCUT2D eigenvalue weighted by Gasteiger charge is 2.10. The normalized spacial score (nSPS) is 11.9. The number of ether oxygens (including phenoxy) is 1. The van der Waals surface area contributed by atoms with Crippen LogP contribution in [-0.4, -0.2) is 38.1 Å². The lowest BCUT2D eigenvalue weighted by molar-refractivity contribution is -0.121. The van der Waals surface area contributed by atoms with Gasteiger partial charge in [-0.3, -0.25) is 9.59 Å². The first kappa shape index (κ1) is 14.2. The number of hydrogen-bond donors (Lipinski definition) is 2. The second-order valence-electron chi connectivity index (χ2n) is 3.91. The highest BCUT2D eigenvalue weighted by atomic mass is 16.5. The Morgan fingerprint density at radius 1 is 1.50 bits per heavy atom. The van der Waals surface area contributed by atoms with E-state index in [0.29, 0.717) is 6.61 Å². The van der Waals surface area contributed by atoms with Gasteiger partial charge in [0.2, 0.25) is 5.91 Å². The van der Waals surface area contributed by atoms with Crippen molar-refractivity contribution in [3.63, 3.8) is 0 Å². The van der Waals surface area contributed by atoms with Crippen molar-refractivity contribution < 1.29 is 18.7 Å². The largest absolute Gasteiger partial charge is 0.459 e. The highest BCUT2D eigenvalue weighted by Crippen LogP contribution is 1.98. The van der Waals surface area contributed by atoms with Crippen molar-refractivity contribution in [2.45, 2.75) is 19.4 Å². The van der Waals surface area contributed by atoms with Crippen LogP contribution in [0.15, 0.2) is 22.8 Å². The van der Waals surface area contributed by atoms with E-state index in [9.17, 15) is 9.59 Å². The monoisotopic (exact) mass is 254 g/mol. The van der Waals surface area contributed by atoms with Crippen LogP contribution in [0, 0.1) is 0 Å². The molecule has 0 aliphatic rings. The Bertz CT molecular complexity index is 375. The summed E-state index contributed by atoms with van der Waals surface area (Å²) in [6.07, 6.45) is 1.65. The predicted molar refractivity (Wildman–Crippen MR) is 65.1 cm³/mol. The molecule has 6 heteroatoms. The van der Waals surface area contributed by atoms with Crippen molar-refractivity contribution in [2.75, 3.05) is 20.3 Å². The molecular weight excluding hydrogens is 236 g/mol. The van der Waals surface area contributed by atoms with Gasteiger partial charge < -0.3 is 19.8 Å². The molecule has 1 unspecified atom stereocenters. The molecule has 0 saturated carbocycles. The molecule has 1 heterocycles. The lowest BCUT2D eigenvalue weighted by Crippen LogP contribution is -2.37. The lowest BCUT2D eigenvalue weighted by atomic mass is 10.3.